The molecule has 2 rings (SSSR count). The third kappa shape index (κ3) is 2.92. The minimum absolute atomic E-state index is 0.0307. The normalized spacial score (nSPS) is 10.4. The van der Waals surface area contributed by atoms with E-state index in [1.54, 1.807) is 11.3 Å². The van der Waals surface area contributed by atoms with E-state index in [9.17, 15) is 4.79 Å². The average Bonchev–Trinajstić information content (AvgIpc) is 2.67. The van der Waals surface area contributed by atoms with Crippen molar-refractivity contribution < 1.29 is 4.79 Å². The molecule has 0 saturated carbocycles. The largest absolute Gasteiger partial charge is 0.348 e. The lowest BCUT2D eigenvalue weighted by molar-refractivity contribution is 0.0950. The lowest BCUT2D eigenvalue weighted by Gasteiger charge is -2.05. The van der Waals surface area contributed by atoms with E-state index in [1.807, 2.05) is 43.5 Å². The predicted molar refractivity (Wildman–Crippen MR) is 76.4 cm³/mol. The lowest BCUT2D eigenvalue weighted by atomic mass is 10.1. The molecule has 0 unspecified atom stereocenters. The van der Waals surface area contributed by atoms with Crippen LogP contribution in [0.15, 0.2) is 29.6 Å². The predicted octanol–water partition coefficient (Wildman–Crippen LogP) is 3.95. The van der Waals surface area contributed by atoms with Crippen LogP contribution in [-0.2, 0) is 6.54 Å². The summed E-state index contributed by atoms with van der Waals surface area (Å²) in [4.78, 5) is 13.2. The van der Waals surface area contributed by atoms with Gasteiger partial charge in [0.25, 0.3) is 5.91 Å². The van der Waals surface area contributed by atoms with Crippen LogP contribution in [0.1, 0.15) is 26.4 Å². The van der Waals surface area contributed by atoms with E-state index in [-0.39, 0.29) is 5.91 Å². The van der Waals surface area contributed by atoms with Crippen LogP contribution in [-0.4, -0.2) is 5.91 Å². The van der Waals surface area contributed by atoms with Crippen LogP contribution >= 0.6 is 22.9 Å². The minimum Gasteiger partial charge on any atom is -0.348 e. The summed E-state index contributed by atoms with van der Waals surface area (Å²) in [5.74, 6) is -0.0307. The molecular weight excluding hydrogens is 266 g/mol. The molecule has 0 aliphatic heterocycles. The summed E-state index contributed by atoms with van der Waals surface area (Å²) >= 11 is 7.50. The van der Waals surface area contributed by atoms with Gasteiger partial charge in [0, 0.05) is 21.8 Å². The van der Waals surface area contributed by atoms with Crippen LogP contribution in [0.2, 0.25) is 5.02 Å². The molecule has 0 atom stereocenters. The highest BCUT2D eigenvalue weighted by molar-refractivity contribution is 7.10. The second kappa shape index (κ2) is 5.55. The lowest BCUT2D eigenvalue weighted by Crippen LogP contribution is -2.22. The van der Waals surface area contributed by atoms with Gasteiger partial charge in [0.2, 0.25) is 0 Å². The Balaban J connectivity index is 2.03. The van der Waals surface area contributed by atoms with Gasteiger partial charge in [0.15, 0.2) is 0 Å². The number of rotatable bonds is 3. The Morgan fingerprint density at radius 1 is 1.39 bits per heavy atom. The van der Waals surface area contributed by atoms with Crippen LogP contribution < -0.4 is 5.32 Å². The summed E-state index contributed by atoms with van der Waals surface area (Å²) in [6.07, 6.45) is 0. The van der Waals surface area contributed by atoms with Gasteiger partial charge in [-0.1, -0.05) is 23.7 Å². The number of hydrogen-bond donors (Lipinski definition) is 1. The van der Waals surface area contributed by atoms with Gasteiger partial charge in [-0.2, -0.15) is 0 Å². The highest BCUT2D eigenvalue weighted by atomic mass is 35.5. The minimum atomic E-state index is -0.0307. The number of thiophene rings is 1. The van der Waals surface area contributed by atoms with Crippen molar-refractivity contribution in [2.75, 3.05) is 0 Å². The number of amides is 1. The summed E-state index contributed by atoms with van der Waals surface area (Å²) in [5.41, 5.74) is 2.82. The molecule has 1 amide bonds. The maximum atomic E-state index is 12.0. The van der Waals surface area contributed by atoms with Crippen LogP contribution in [0.3, 0.4) is 0 Å². The van der Waals surface area contributed by atoms with Crippen molar-refractivity contribution in [3.05, 3.63) is 56.2 Å². The third-order valence-corrected chi connectivity index (χ3v) is 4.12. The summed E-state index contributed by atoms with van der Waals surface area (Å²) in [5, 5.41) is 5.49. The molecule has 94 valence electrons. The van der Waals surface area contributed by atoms with Crippen molar-refractivity contribution in [3.63, 3.8) is 0 Å². The van der Waals surface area contributed by atoms with E-state index >= 15 is 0 Å². The Morgan fingerprint density at radius 2 is 2.17 bits per heavy atom. The molecule has 2 aromatic rings. The molecule has 1 N–H and O–H groups in total. The number of hydrogen-bond acceptors (Lipinski definition) is 2. The molecule has 18 heavy (non-hydrogen) atoms. The Bertz CT molecular complexity index is 577. The monoisotopic (exact) mass is 279 g/mol. The quantitative estimate of drug-likeness (QED) is 0.906. The van der Waals surface area contributed by atoms with E-state index in [0.717, 1.165) is 16.7 Å². The Kier molecular flexibility index (Phi) is 4.04. The topological polar surface area (TPSA) is 29.1 Å². The summed E-state index contributed by atoms with van der Waals surface area (Å²) < 4.78 is 0. The van der Waals surface area contributed by atoms with Gasteiger partial charge in [-0.15, -0.1) is 11.3 Å². The fraction of sp³-hybridized carbons (Fsp3) is 0.214. The molecule has 1 aromatic carbocycles. The number of halogens is 1. The van der Waals surface area contributed by atoms with Crippen molar-refractivity contribution in [1.82, 2.24) is 5.32 Å². The van der Waals surface area contributed by atoms with Gasteiger partial charge in [0.1, 0.15) is 0 Å². The highest BCUT2D eigenvalue weighted by Crippen LogP contribution is 2.20. The maximum Gasteiger partial charge on any atom is 0.252 e. The molecule has 0 bridgehead atoms. The zero-order valence-corrected chi connectivity index (χ0v) is 11.9. The van der Waals surface area contributed by atoms with Crippen molar-refractivity contribution in [2.24, 2.45) is 0 Å². The number of carbonyl (C=O) groups excluding carboxylic acids is 1. The number of benzene rings is 1. The van der Waals surface area contributed by atoms with Crippen molar-refractivity contribution in [2.45, 2.75) is 20.4 Å². The van der Waals surface area contributed by atoms with E-state index in [2.05, 4.69) is 5.32 Å². The Labute approximate surface area is 116 Å². The second-order valence-electron chi connectivity index (χ2n) is 4.14. The molecular formula is C14H14ClNOS. The molecule has 2 nitrogen and oxygen atoms in total. The van der Waals surface area contributed by atoms with E-state index in [0.29, 0.717) is 11.6 Å². The molecule has 0 saturated heterocycles. The SMILES string of the molecule is Cc1scc(C(=O)NCc2cccc(Cl)c2)c1C. The van der Waals surface area contributed by atoms with Crippen LogP contribution in [0, 0.1) is 13.8 Å². The van der Waals surface area contributed by atoms with Gasteiger partial charge in [0.05, 0.1) is 5.56 Å². The third-order valence-electron chi connectivity index (χ3n) is 2.87. The molecule has 0 aliphatic rings. The Hall–Kier alpha value is -1.32. The van der Waals surface area contributed by atoms with Crippen LogP contribution in [0.5, 0.6) is 0 Å². The van der Waals surface area contributed by atoms with Crippen molar-refractivity contribution >= 4 is 28.8 Å². The first kappa shape index (κ1) is 13.1. The Morgan fingerprint density at radius 3 is 2.78 bits per heavy atom. The number of aryl methyl sites for hydroxylation is 1. The molecule has 1 aromatic heterocycles. The van der Waals surface area contributed by atoms with E-state index in [1.165, 1.54) is 4.88 Å². The number of carbonyl (C=O) groups is 1. The summed E-state index contributed by atoms with van der Waals surface area (Å²) in [6.45, 7) is 4.49. The van der Waals surface area contributed by atoms with E-state index < -0.39 is 0 Å². The van der Waals surface area contributed by atoms with Crippen LogP contribution in [0.4, 0.5) is 0 Å². The van der Waals surface area contributed by atoms with Gasteiger partial charge in [-0.05, 0) is 37.1 Å². The fourth-order valence-electron chi connectivity index (χ4n) is 1.66. The van der Waals surface area contributed by atoms with Gasteiger partial charge in [-0.3, -0.25) is 4.79 Å². The zero-order valence-electron chi connectivity index (χ0n) is 10.3. The summed E-state index contributed by atoms with van der Waals surface area (Å²) in [6, 6.07) is 7.49. The number of nitrogens with one attached hydrogen (secondary N) is 1. The zero-order chi connectivity index (χ0) is 13.1. The second-order valence-corrected chi connectivity index (χ2v) is 5.66. The molecule has 0 spiro atoms. The molecule has 0 aliphatic carbocycles. The van der Waals surface area contributed by atoms with E-state index in [4.69, 9.17) is 11.6 Å². The standard InChI is InChI=1S/C14H14ClNOS/c1-9-10(2)18-8-13(9)14(17)16-7-11-4-3-5-12(15)6-11/h3-6,8H,7H2,1-2H3,(H,16,17). The highest BCUT2D eigenvalue weighted by Gasteiger charge is 2.11. The molecule has 0 fully saturated rings. The van der Waals surface area contributed by atoms with Gasteiger partial charge >= 0.3 is 0 Å². The first-order chi connectivity index (χ1) is 8.58. The first-order valence-electron chi connectivity index (χ1n) is 5.65. The maximum absolute atomic E-state index is 12.0. The molecule has 0 radical (unpaired) electrons. The average molecular weight is 280 g/mol. The summed E-state index contributed by atoms with van der Waals surface area (Å²) in [7, 11) is 0. The van der Waals surface area contributed by atoms with Gasteiger partial charge < -0.3 is 5.32 Å². The smallest absolute Gasteiger partial charge is 0.252 e. The van der Waals surface area contributed by atoms with Crippen molar-refractivity contribution in [1.29, 1.82) is 0 Å². The first-order valence-corrected chi connectivity index (χ1v) is 6.91. The van der Waals surface area contributed by atoms with Gasteiger partial charge in [-0.25, -0.2) is 0 Å². The van der Waals surface area contributed by atoms with Crippen molar-refractivity contribution in [3.8, 4) is 0 Å². The molecule has 4 heteroatoms. The molecule has 1 heterocycles. The fourth-order valence-corrected chi connectivity index (χ4v) is 2.74. The van der Waals surface area contributed by atoms with Crippen LogP contribution in [0.25, 0.3) is 0 Å².